The van der Waals surface area contributed by atoms with Crippen LogP contribution in [0.15, 0.2) is 30.9 Å². The van der Waals surface area contributed by atoms with Crippen LogP contribution in [0.3, 0.4) is 0 Å². The number of nitrogens with zero attached hydrogens (tertiary/aromatic N) is 1. The molecule has 1 aliphatic heterocycles. The summed E-state index contributed by atoms with van der Waals surface area (Å²) in [7, 11) is 0. The van der Waals surface area contributed by atoms with Crippen molar-refractivity contribution in [1.82, 2.24) is 4.90 Å². The molecule has 2 rings (SSSR count). The van der Waals surface area contributed by atoms with E-state index in [0.717, 1.165) is 32.4 Å². The molecule has 2 nitrogen and oxygen atoms in total. The van der Waals surface area contributed by atoms with E-state index in [4.69, 9.17) is 11.6 Å². The molecule has 0 aliphatic carbocycles. The van der Waals surface area contributed by atoms with Gasteiger partial charge in [-0.15, -0.1) is 6.58 Å². The highest BCUT2D eigenvalue weighted by atomic mass is 35.5. The van der Waals surface area contributed by atoms with E-state index in [1.165, 1.54) is 12.1 Å². The van der Waals surface area contributed by atoms with E-state index < -0.39 is 11.9 Å². The summed E-state index contributed by atoms with van der Waals surface area (Å²) in [5.74, 6) is -0.410. The summed E-state index contributed by atoms with van der Waals surface area (Å²) < 4.78 is 13.4. The lowest BCUT2D eigenvalue weighted by atomic mass is 9.93. The Bertz CT molecular complexity index is 432. The zero-order valence-electron chi connectivity index (χ0n) is 10.9. The molecular formula is C15H19ClFNO. The molecule has 0 saturated carbocycles. The Morgan fingerprint density at radius 3 is 2.95 bits per heavy atom. The van der Waals surface area contributed by atoms with Gasteiger partial charge >= 0.3 is 0 Å². The number of hydrogen-bond acceptors (Lipinski definition) is 2. The smallest absolute Gasteiger partial charge is 0.125 e. The molecule has 1 aromatic carbocycles. The van der Waals surface area contributed by atoms with Gasteiger partial charge in [0.1, 0.15) is 5.82 Å². The van der Waals surface area contributed by atoms with Crippen LogP contribution < -0.4 is 0 Å². The van der Waals surface area contributed by atoms with Gasteiger partial charge in [0.2, 0.25) is 0 Å². The third kappa shape index (κ3) is 3.56. The number of halogens is 2. The zero-order valence-corrected chi connectivity index (χ0v) is 11.6. The Morgan fingerprint density at radius 2 is 2.26 bits per heavy atom. The number of hydrogen-bond donors (Lipinski definition) is 1. The summed E-state index contributed by atoms with van der Waals surface area (Å²) in [5.41, 5.74) is 0.547. The lowest BCUT2D eigenvalue weighted by molar-refractivity contribution is 0.0316. The molecule has 0 spiro atoms. The highest BCUT2D eigenvalue weighted by Crippen LogP contribution is 2.30. The molecule has 4 heteroatoms. The van der Waals surface area contributed by atoms with Crippen LogP contribution in [0.25, 0.3) is 0 Å². The predicted molar refractivity (Wildman–Crippen MR) is 75.8 cm³/mol. The van der Waals surface area contributed by atoms with Crippen LogP contribution >= 0.6 is 11.6 Å². The average Bonchev–Trinajstić information content (AvgIpc) is 2.38. The van der Waals surface area contributed by atoms with E-state index in [2.05, 4.69) is 11.5 Å². The Labute approximate surface area is 118 Å². The van der Waals surface area contributed by atoms with Crippen molar-refractivity contribution in [3.8, 4) is 0 Å². The van der Waals surface area contributed by atoms with Crippen LogP contribution in [0, 0.1) is 5.82 Å². The van der Waals surface area contributed by atoms with Crippen LogP contribution in [-0.4, -0.2) is 29.1 Å². The van der Waals surface area contributed by atoms with Crippen molar-refractivity contribution in [3.63, 3.8) is 0 Å². The van der Waals surface area contributed by atoms with E-state index in [1.807, 2.05) is 6.08 Å². The quantitative estimate of drug-likeness (QED) is 0.854. The molecule has 1 heterocycles. The molecule has 1 N–H and O–H groups in total. The molecule has 0 aromatic heterocycles. The predicted octanol–water partition coefficient (Wildman–Crippen LogP) is 3.55. The van der Waals surface area contributed by atoms with Gasteiger partial charge in [-0.25, -0.2) is 4.39 Å². The van der Waals surface area contributed by atoms with Gasteiger partial charge in [-0.1, -0.05) is 24.1 Å². The second-order valence-corrected chi connectivity index (χ2v) is 5.43. The lowest BCUT2D eigenvalue weighted by Gasteiger charge is -2.38. The molecule has 1 fully saturated rings. The van der Waals surface area contributed by atoms with E-state index >= 15 is 0 Å². The summed E-state index contributed by atoms with van der Waals surface area (Å²) in [6.45, 7) is 5.43. The Balaban J connectivity index is 2.20. The number of rotatable bonds is 4. The first-order valence-electron chi connectivity index (χ1n) is 6.61. The van der Waals surface area contributed by atoms with Crippen LogP contribution in [-0.2, 0) is 0 Å². The maximum Gasteiger partial charge on any atom is 0.125 e. The maximum absolute atomic E-state index is 13.4. The van der Waals surface area contributed by atoms with Crippen LogP contribution in [0.2, 0.25) is 5.02 Å². The summed E-state index contributed by atoms with van der Waals surface area (Å²) in [6.07, 6.45) is 4.24. The molecule has 0 bridgehead atoms. The summed E-state index contributed by atoms with van der Waals surface area (Å²) in [5, 5.41) is 10.8. The molecule has 1 saturated heterocycles. The fraction of sp³-hybridized carbons (Fsp3) is 0.467. The number of aliphatic hydroxyl groups excluding tert-OH is 1. The lowest BCUT2D eigenvalue weighted by Crippen LogP contribution is -2.43. The van der Waals surface area contributed by atoms with Gasteiger partial charge < -0.3 is 5.11 Å². The standard InChI is InChI=1S/C15H19ClFNO/c1-2-6-18-7-4-3-5-14(18)15(19)11-8-12(16)10-13(17)9-11/h2,8-10,14-15,19H,1,3-7H2/t14-,15?/m0/s1. The van der Waals surface area contributed by atoms with Gasteiger partial charge in [0.15, 0.2) is 0 Å². The number of benzene rings is 1. The molecule has 104 valence electrons. The van der Waals surface area contributed by atoms with Crippen LogP contribution in [0.4, 0.5) is 4.39 Å². The summed E-state index contributed by atoms with van der Waals surface area (Å²) in [6, 6.07) is 4.25. The van der Waals surface area contributed by atoms with E-state index in [9.17, 15) is 9.50 Å². The first kappa shape index (κ1) is 14.5. The highest BCUT2D eigenvalue weighted by Gasteiger charge is 2.29. The SMILES string of the molecule is C=CCN1CCCC[C@H]1C(O)c1cc(F)cc(Cl)c1. The van der Waals surface area contributed by atoms with E-state index in [0.29, 0.717) is 10.6 Å². The normalized spacial score (nSPS) is 22.2. The van der Waals surface area contributed by atoms with Gasteiger partial charge in [0.05, 0.1) is 6.10 Å². The second kappa shape index (κ2) is 6.51. The molecule has 1 aromatic rings. The maximum atomic E-state index is 13.4. The molecule has 1 aliphatic rings. The Hall–Kier alpha value is -0.900. The molecule has 1 unspecified atom stereocenters. The summed E-state index contributed by atoms with van der Waals surface area (Å²) >= 11 is 5.85. The minimum atomic E-state index is -0.714. The first-order valence-corrected chi connectivity index (χ1v) is 6.98. The van der Waals surface area contributed by atoms with Crippen LogP contribution in [0.1, 0.15) is 30.9 Å². The van der Waals surface area contributed by atoms with Crippen molar-refractivity contribution in [3.05, 3.63) is 47.3 Å². The van der Waals surface area contributed by atoms with Crippen molar-refractivity contribution >= 4 is 11.6 Å². The number of aliphatic hydroxyl groups is 1. The number of likely N-dealkylation sites (tertiary alicyclic amines) is 1. The topological polar surface area (TPSA) is 23.5 Å². The molecule has 0 radical (unpaired) electrons. The highest BCUT2D eigenvalue weighted by molar-refractivity contribution is 6.30. The Kier molecular flexibility index (Phi) is 4.97. The van der Waals surface area contributed by atoms with Gasteiger partial charge in [-0.05, 0) is 43.1 Å². The van der Waals surface area contributed by atoms with E-state index in [-0.39, 0.29) is 6.04 Å². The molecule has 0 amide bonds. The Morgan fingerprint density at radius 1 is 1.47 bits per heavy atom. The molecule has 19 heavy (non-hydrogen) atoms. The third-order valence-electron chi connectivity index (χ3n) is 3.62. The minimum Gasteiger partial charge on any atom is -0.387 e. The largest absolute Gasteiger partial charge is 0.387 e. The fourth-order valence-corrected chi connectivity index (χ4v) is 2.97. The van der Waals surface area contributed by atoms with E-state index in [1.54, 1.807) is 6.07 Å². The van der Waals surface area contributed by atoms with Gasteiger partial charge in [0, 0.05) is 17.6 Å². The molecule has 2 atom stereocenters. The van der Waals surface area contributed by atoms with Gasteiger partial charge in [0.25, 0.3) is 0 Å². The van der Waals surface area contributed by atoms with Gasteiger partial charge in [-0.3, -0.25) is 4.90 Å². The van der Waals surface area contributed by atoms with Crippen LogP contribution in [0.5, 0.6) is 0 Å². The third-order valence-corrected chi connectivity index (χ3v) is 3.84. The summed E-state index contributed by atoms with van der Waals surface area (Å²) in [4.78, 5) is 2.19. The van der Waals surface area contributed by atoms with Crippen molar-refractivity contribution in [2.75, 3.05) is 13.1 Å². The monoisotopic (exact) mass is 283 g/mol. The van der Waals surface area contributed by atoms with Crippen molar-refractivity contribution in [2.24, 2.45) is 0 Å². The first-order chi connectivity index (χ1) is 9.11. The zero-order chi connectivity index (χ0) is 13.8. The number of piperidine rings is 1. The fourth-order valence-electron chi connectivity index (χ4n) is 2.73. The van der Waals surface area contributed by atoms with Gasteiger partial charge in [-0.2, -0.15) is 0 Å². The molecular weight excluding hydrogens is 265 g/mol. The van der Waals surface area contributed by atoms with Crippen molar-refractivity contribution in [1.29, 1.82) is 0 Å². The minimum absolute atomic E-state index is 0.00427. The van der Waals surface area contributed by atoms with Crippen molar-refractivity contribution < 1.29 is 9.50 Å². The average molecular weight is 284 g/mol. The van der Waals surface area contributed by atoms with Crippen molar-refractivity contribution in [2.45, 2.75) is 31.4 Å². The second-order valence-electron chi connectivity index (χ2n) is 4.99.